The van der Waals surface area contributed by atoms with Crippen LogP contribution in [-0.4, -0.2) is 23.6 Å². The SMILES string of the molecule is O=C(O)c1ccccc1C(=O)Nc1c(F)cc(-c2ccc3c(c2)CCO3)cc1F. The zero-order valence-corrected chi connectivity index (χ0v) is 15.0. The third-order valence-electron chi connectivity index (χ3n) is 4.71. The summed E-state index contributed by atoms with van der Waals surface area (Å²) in [4.78, 5) is 23.7. The van der Waals surface area contributed by atoms with Gasteiger partial charge in [0.05, 0.1) is 17.7 Å². The molecule has 5 nitrogen and oxygen atoms in total. The largest absolute Gasteiger partial charge is 0.493 e. The van der Waals surface area contributed by atoms with Gasteiger partial charge in [-0.15, -0.1) is 0 Å². The van der Waals surface area contributed by atoms with Gasteiger partial charge in [-0.3, -0.25) is 4.79 Å². The lowest BCUT2D eigenvalue weighted by atomic mass is 10.0. The van der Waals surface area contributed by atoms with Gasteiger partial charge in [0.25, 0.3) is 5.91 Å². The lowest BCUT2D eigenvalue weighted by Crippen LogP contribution is -2.18. The van der Waals surface area contributed by atoms with Crippen LogP contribution in [0.3, 0.4) is 0 Å². The van der Waals surface area contributed by atoms with Crippen LogP contribution in [0, 0.1) is 11.6 Å². The van der Waals surface area contributed by atoms with E-state index in [2.05, 4.69) is 5.32 Å². The summed E-state index contributed by atoms with van der Waals surface area (Å²) in [6.07, 6.45) is 0.727. The van der Waals surface area contributed by atoms with Gasteiger partial charge in [-0.1, -0.05) is 18.2 Å². The van der Waals surface area contributed by atoms with Crippen molar-refractivity contribution in [3.63, 3.8) is 0 Å². The molecule has 1 amide bonds. The summed E-state index contributed by atoms with van der Waals surface area (Å²) in [6, 6.07) is 13.0. The standard InChI is InChI=1S/C22H15F2NO4/c23-17-10-14(12-5-6-19-13(9-12)7-8-29-19)11-18(24)20(17)25-21(26)15-3-1-2-4-16(15)22(27)28/h1-6,9-11H,7-8H2,(H,25,26)(H,27,28). The van der Waals surface area contributed by atoms with E-state index in [0.29, 0.717) is 17.7 Å². The summed E-state index contributed by atoms with van der Waals surface area (Å²) in [5, 5.41) is 11.3. The van der Waals surface area contributed by atoms with Crippen LogP contribution in [0.1, 0.15) is 26.3 Å². The summed E-state index contributed by atoms with van der Waals surface area (Å²) in [5.41, 5.74) is 0.818. The maximum atomic E-state index is 14.6. The van der Waals surface area contributed by atoms with Gasteiger partial charge in [0.2, 0.25) is 0 Å². The molecule has 0 saturated carbocycles. The van der Waals surface area contributed by atoms with Crippen LogP contribution in [0.2, 0.25) is 0 Å². The zero-order valence-electron chi connectivity index (χ0n) is 15.0. The number of carboxylic acid groups (broad SMARTS) is 1. The highest BCUT2D eigenvalue weighted by Gasteiger charge is 2.20. The molecule has 0 unspecified atom stereocenters. The molecule has 1 heterocycles. The maximum Gasteiger partial charge on any atom is 0.336 e. The minimum atomic E-state index is -1.31. The van der Waals surface area contributed by atoms with E-state index in [9.17, 15) is 23.5 Å². The number of carboxylic acids is 1. The number of rotatable bonds is 4. The van der Waals surface area contributed by atoms with Crippen LogP contribution in [-0.2, 0) is 6.42 Å². The summed E-state index contributed by atoms with van der Waals surface area (Å²) in [6.45, 7) is 0.574. The molecule has 0 bridgehead atoms. The first kappa shape index (κ1) is 18.6. The molecule has 0 radical (unpaired) electrons. The predicted molar refractivity (Wildman–Crippen MR) is 102 cm³/mol. The molecule has 29 heavy (non-hydrogen) atoms. The molecular formula is C22H15F2NO4. The van der Waals surface area contributed by atoms with Crippen molar-refractivity contribution in [1.29, 1.82) is 0 Å². The van der Waals surface area contributed by atoms with E-state index in [4.69, 9.17) is 4.74 Å². The predicted octanol–water partition coefficient (Wildman–Crippen LogP) is 4.52. The van der Waals surface area contributed by atoms with E-state index < -0.39 is 29.2 Å². The number of carbonyl (C=O) groups is 2. The Kier molecular flexibility index (Phi) is 4.72. The molecule has 1 aliphatic rings. The van der Waals surface area contributed by atoms with Crippen molar-refractivity contribution in [2.24, 2.45) is 0 Å². The second kappa shape index (κ2) is 7.35. The number of ether oxygens (including phenoxy) is 1. The minimum Gasteiger partial charge on any atom is -0.493 e. The fraction of sp³-hybridized carbons (Fsp3) is 0.0909. The summed E-state index contributed by atoms with van der Waals surface area (Å²) >= 11 is 0. The van der Waals surface area contributed by atoms with Crippen molar-refractivity contribution in [1.82, 2.24) is 0 Å². The Morgan fingerprint density at radius 2 is 1.62 bits per heavy atom. The number of amides is 1. The Labute approximate surface area is 164 Å². The Hall–Kier alpha value is -3.74. The zero-order chi connectivity index (χ0) is 20.5. The molecule has 0 saturated heterocycles. The van der Waals surface area contributed by atoms with Gasteiger partial charge in [0.1, 0.15) is 23.1 Å². The number of anilines is 1. The second-order valence-corrected chi connectivity index (χ2v) is 6.54. The third-order valence-corrected chi connectivity index (χ3v) is 4.71. The van der Waals surface area contributed by atoms with Gasteiger partial charge in [-0.25, -0.2) is 13.6 Å². The number of hydrogen-bond acceptors (Lipinski definition) is 3. The first-order valence-corrected chi connectivity index (χ1v) is 8.83. The van der Waals surface area contributed by atoms with Crippen molar-refractivity contribution >= 4 is 17.6 Å². The Morgan fingerprint density at radius 3 is 2.31 bits per heavy atom. The van der Waals surface area contributed by atoms with E-state index >= 15 is 0 Å². The van der Waals surface area contributed by atoms with Gasteiger partial charge in [-0.2, -0.15) is 0 Å². The Morgan fingerprint density at radius 1 is 0.931 bits per heavy atom. The molecule has 0 spiro atoms. The van der Waals surface area contributed by atoms with E-state index in [-0.39, 0.29) is 11.1 Å². The highest BCUT2D eigenvalue weighted by molar-refractivity contribution is 6.10. The number of aromatic carboxylic acids is 1. The maximum absolute atomic E-state index is 14.6. The van der Waals surface area contributed by atoms with Gasteiger partial charge in [0, 0.05) is 6.42 Å². The number of nitrogens with one attached hydrogen (secondary N) is 1. The quantitative estimate of drug-likeness (QED) is 0.681. The second-order valence-electron chi connectivity index (χ2n) is 6.54. The van der Waals surface area contributed by atoms with Gasteiger partial charge in [0.15, 0.2) is 0 Å². The van der Waals surface area contributed by atoms with E-state index in [1.165, 1.54) is 24.3 Å². The lowest BCUT2D eigenvalue weighted by Gasteiger charge is -2.12. The smallest absolute Gasteiger partial charge is 0.336 e. The van der Waals surface area contributed by atoms with Crippen molar-refractivity contribution in [3.05, 3.63) is 82.9 Å². The van der Waals surface area contributed by atoms with Gasteiger partial charge >= 0.3 is 5.97 Å². The van der Waals surface area contributed by atoms with Crippen LogP contribution in [0.15, 0.2) is 54.6 Å². The monoisotopic (exact) mass is 395 g/mol. The van der Waals surface area contributed by atoms with Crippen LogP contribution < -0.4 is 10.1 Å². The summed E-state index contributed by atoms with van der Waals surface area (Å²) in [5.74, 6) is -3.39. The van der Waals surface area contributed by atoms with Crippen molar-refractivity contribution in [2.75, 3.05) is 11.9 Å². The molecule has 7 heteroatoms. The van der Waals surface area contributed by atoms with Crippen LogP contribution in [0.25, 0.3) is 11.1 Å². The van der Waals surface area contributed by atoms with Crippen LogP contribution in [0.4, 0.5) is 14.5 Å². The fourth-order valence-corrected chi connectivity index (χ4v) is 3.27. The van der Waals surface area contributed by atoms with Crippen molar-refractivity contribution in [2.45, 2.75) is 6.42 Å². The van der Waals surface area contributed by atoms with Crippen LogP contribution >= 0.6 is 0 Å². The molecule has 146 valence electrons. The summed E-state index contributed by atoms with van der Waals surface area (Å²) < 4.78 is 34.7. The number of hydrogen-bond donors (Lipinski definition) is 2. The topological polar surface area (TPSA) is 75.6 Å². The number of fused-ring (bicyclic) bond motifs is 1. The molecule has 2 N–H and O–H groups in total. The van der Waals surface area contributed by atoms with Gasteiger partial charge in [-0.05, 0) is 53.1 Å². The van der Waals surface area contributed by atoms with Gasteiger partial charge < -0.3 is 15.2 Å². The molecule has 0 fully saturated rings. The molecule has 0 atom stereocenters. The fourth-order valence-electron chi connectivity index (χ4n) is 3.27. The number of benzene rings is 3. The first-order chi connectivity index (χ1) is 13.9. The van der Waals surface area contributed by atoms with Crippen molar-refractivity contribution < 1.29 is 28.2 Å². The normalized spacial score (nSPS) is 12.2. The van der Waals surface area contributed by atoms with E-state index in [0.717, 1.165) is 29.9 Å². The number of carbonyl (C=O) groups excluding carboxylic acids is 1. The number of halogens is 2. The van der Waals surface area contributed by atoms with Crippen LogP contribution in [0.5, 0.6) is 5.75 Å². The average molecular weight is 395 g/mol. The molecule has 0 aliphatic carbocycles. The average Bonchev–Trinajstić information content (AvgIpc) is 3.18. The lowest BCUT2D eigenvalue weighted by molar-refractivity contribution is 0.0692. The molecule has 4 rings (SSSR count). The Balaban J connectivity index is 1.65. The minimum absolute atomic E-state index is 0.193. The highest BCUT2D eigenvalue weighted by Crippen LogP contribution is 2.33. The van der Waals surface area contributed by atoms with Crippen molar-refractivity contribution in [3.8, 4) is 16.9 Å². The van der Waals surface area contributed by atoms with E-state index in [1.54, 1.807) is 12.1 Å². The molecule has 3 aromatic carbocycles. The first-order valence-electron chi connectivity index (χ1n) is 8.83. The molecule has 0 aromatic heterocycles. The molecular weight excluding hydrogens is 380 g/mol. The van der Waals surface area contributed by atoms with E-state index in [1.807, 2.05) is 6.07 Å². The highest BCUT2D eigenvalue weighted by atomic mass is 19.1. The Bertz CT molecular complexity index is 1120. The third kappa shape index (κ3) is 3.54. The molecule has 3 aromatic rings. The summed E-state index contributed by atoms with van der Waals surface area (Å²) in [7, 11) is 0. The molecule has 1 aliphatic heterocycles.